The van der Waals surface area contributed by atoms with E-state index in [-0.39, 0.29) is 0 Å². The van der Waals surface area contributed by atoms with Crippen LogP contribution in [0.1, 0.15) is 5.69 Å². The van der Waals surface area contributed by atoms with Crippen molar-refractivity contribution in [3.63, 3.8) is 0 Å². The van der Waals surface area contributed by atoms with Gasteiger partial charge in [-0.05, 0) is 19.1 Å². The maximum Gasteiger partial charge on any atom is 0.192 e. The molecule has 50 valence electrons. The number of rotatable bonds is 0. The fourth-order valence-corrected chi connectivity index (χ4v) is 0.920. The van der Waals surface area contributed by atoms with E-state index in [1.165, 1.54) is 0 Å². The van der Waals surface area contributed by atoms with Crippen molar-refractivity contribution in [1.29, 1.82) is 0 Å². The number of pyridine rings is 1. The van der Waals surface area contributed by atoms with Crippen LogP contribution in [0.5, 0.6) is 0 Å². The Morgan fingerprint density at radius 2 is 2.30 bits per heavy atom. The molecule has 0 fully saturated rings. The third-order valence-corrected chi connectivity index (χ3v) is 1.23. The predicted octanol–water partition coefficient (Wildman–Crippen LogP) is 2.59. The van der Waals surface area contributed by atoms with Crippen molar-refractivity contribution in [3.8, 4) is 0 Å². The van der Waals surface area contributed by atoms with Crippen LogP contribution >= 0.6 is 11.6 Å². The number of hydrogen-bond acceptors (Lipinski definition) is 1. The van der Waals surface area contributed by atoms with E-state index in [1.807, 2.05) is 0 Å². The first-order valence-electron chi connectivity index (χ1n) is 2.74. The maximum atomic E-state index is 6.68. The highest BCUT2D eigenvalue weighted by Crippen LogP contribution is 2.17. The van der Waals surface area contributed by atoms with Crippen molar-refractivity contribution >= 4 is 17.3 Å². The van der Waals surface area contributed by atoms with Gasteiger partial charge in [-0.3, -0.25) is 0 Å². The summed E-state index contributed by atoms with van der Waals surface area (Å²) in [6.45, 7) is 8.48. The summed E-state index contributed by atoms with van der Waals surface area (Å²) < 4.78 is 0. The van der Waals surface area contributed by atoms with Crippen LogP contribution in [0.3, 0.4) is 0 Å². The Kier molecular flexibility index (Phi) is 1.88. The molecular weight excluding hydrogens is 148 g/mol. The number of aryl methyl sites for hydroxylation is 1. The number of halogens is 1. The van der Waals surface area contributed by atoms with E-state index >= 15 is 0 Å². The molecule has 1 aromatic heterocycles. The van der Waals surface area contributed by atoms with Crippen LogP contribution in [0.4, 0.5) is 5.69 Å². The van der Waals surface area contributed by atoms with Crippen LogP contribution in [0.2, 0.25) is 5.15 Å². The SMILES string of the molecule is [C-]#[N+]c1cc(C)nc(Cl)c1. The highest BCUT2D eigenvalue weighted by Gasteiger charge is 1.94. The first kappa shape index (κ1) is 7.04. The molecule has 1 rings (SSSR count). The molecule has 0 unspecified atom stereocenters. The molecule has 0 aliphatic carbocycles. The molecular formula is C7H5ClN2. The quantitative estimate of drug-likeness (QED) is 0.413. The summed E-state index contributed by atoms with van der Waals surface area (Å²) in [5.74, 6) is 0. The number of aromatic nitrogens is 1. The third kappa shape index (κ3) is 1.46. The van der Waals surface area contributed by atoms with Gasteiger partial charge in [-0.15, -0.1) is 0 Å². The lowest BCUT2D eigenvalue weighted by atomic mass is 10.3. The first-order chi connectivity index (χ1) is 4.72. The molecule has 0 amide bonds. The molecule has 3 heteroatoms. The fraction of sp³-hybridized carbons (Fsp3) is 0.143. The monoisotopic (exact) mass is 152 g/mol. The van der Waals surface area contributed by atoms with Crippen molar-refractivity contribution in [1.82, 2.24) is 4.98 Å². The summed E-state index contributed by atoms with van der Waals surface area (Å²) >= 11 is 5.57. The predicted molar refractivity (Wildman–Crippen MR) is 40.2 cm³/mol. The van der Waals surface area contributed by atoms with Gasteiger partial charge >= 0.3 is 0 Å². The van der Waals surface area contributed by atoms with Crippen molar-refractivity contribution in [2.45, 2.75) is 6.92 Å². The number of hydrogen-bond donors (Lipinski definition) is 0. The standard InChI is InChI=1S/C7H5ClN2/c1-5-3-6(9-2)4-7(8)10-5/h3-4H,1H3. The molecule has 0 N–H and O–H groups in total. The molecule has 2 nitrogen and oxygen atoms in total. The van der Waals surface area contributed by atoms with Gasteiger partial charge in [0.05, 0.1) is 6.57 Å². The van der Waals surface area contributed by atoms with E-state index in [9.17, 15) is 0 Å². The lowest BCUT2D eigenvalue weighted by molar-refractivity contribution is 1.21. The van der Waals surface area contributed by atoms with E-state index in [0.29, 0.717) is 10.8 Å². The van der Waals surface area contributed by atoms with Gasteiger partial charge in [0.2, 0.25) is 0 Å². The lowest BCUT2D eigenvalue weighted by Crippen LogP contribution is -1.78. The van der Waals surface area contributed by atoms with E-state index in [2.05, 4.69) is 9.83 Å². The van der Waals surface area contributed by atoms with E-state index in [1.54, 1.807) is 19.1 Å². The summed E-state index contributed by atoms with van der Waals surface area (Å²) in [4.78, 5) is 7.12. The highest BCUT2D eigenvalue weighted by atomic mass is 35.5. The van der Waals surface area contributed by atoms with Gasteiger partial charge in [0.25, 0.3) is 0 Å². The summed E-state index contributed by atoms with van der Waals surface area (Å²) in [6, 6.07) is 3.24. The van der Waals surface area contributed by atoms with Crippen LogP contribution in [-0.2, 0) is 0 Å². The van der Waals surface area contributed by atoms with Gasteiger partial charge in [-0.1, -0.05) is 11.6 Å². The molecule has 1 aromatic rings. The molecule has 0 saturated carbocycles. The largest absolute Gasteiger partial charge is 0.244 e. The second kappa shape index (κ2) is 2.68. The molecule has 0 bridgehead atoms. The molecule has 0 spiro atoms. The van der Waals surface area contributed by atoms with Crippen LogP contribution in [0, 0.1) is 13.5 Å². The maximum absolute atomic E-state index is 6.68. The Balaban J connectivity index is 3.22. The molecule has 0 aromatic carbocycles. The van der Waals surface area contributed by atoms with E-state index < -0.39 is 0 Å². The fourth-order valence-electron chi connectivity index (χ4n) is 0.675. The second-order valence-electron chi connectivity index (χ2n) is 1.90. The normalized spacial score (nSPS) is 8.90. The second-order valence-corrected chi connectivity index (χ2v) is 2.29. The average molecular weight is 153 g/mol. The zero-order valence-electron chi connectivity index (χ0n) is 5.43. The van der Waals surface area contributed by atoms with Gasteiger partial charge in [-0.2, -0.15) is 0 Å². The van der Waals surface area contributed by atoms with E-state index in [0.717, 1.165) is 5.69 Å². The topological polar surface area (TPSA) is 17.2 Å². The van der Waals surface area contributed by atoms with Crippen LogP contribution in [0.15, 0.2) is 12.1 Å². The van der Waals surface area contributed by atoms with Crippen molar-refractivity contribution < 1.29 is 0 Å². The Morgan fingerprint density at radius 1 is 1.60 bits per heavy atom. The van der Waals surface area contributed by atoms with Crippen LogP contribution < -0.4 is 0 Å². The van der Waals surface area contributed by atoms with Crippen molar-refractivity contribution in [3.05, 3.63) is 34.4 Å². The Bertz CT molecular complexity index is 268. The molecule has 0 atom stereocenters. The summed E-state index contributed by atoms with van der Waals surface area (Å²) in [5, 5.41) is 0.381. The molecule has 0 saturated heterocycles. The van der Waals surface area contributed by atoms with E-state index in [4.69, 9.17) is 18.2 Å². The minimum Gasteiger partial charge on any atom is -0.244 e. The Morgan fingerprint density at radius 3 is 2.80 bits per heavy atom. The Labute approximate surface area is 64.3 Å². The van der Waals surface area contributed by atoms with Gasteiger partial charge < -0.3 is 0 Å². The zero-order chi connectivity index (χ0) is 7.56. The minimum absolute atomic E-state index is 0.381. The van der Waals surface area contributed by atoms with Gasteiger partial charge in [0, 0.05) is 5.69 Å². The molecule has 10 heavy (non-hydrogen) atoms. The third-order valence-electron chi connectivity index (χ3n) is 1.04. The molecule has 1 heterocycles. The van der Waals surface area contributed by atoms with Crippen LogP contribution in [0.25, 0.3) is 4.85 Å². The zero-order valence-corrected chi connectivity index (χ0v) is 6.18. The van der Waals surface area contributed by atoms with Gasteiger partial charge in [0.1, 0.15) is 5.15 Å². The molecule has 0 radical (unpaired) electrons. The lowest BCUT2D eigenvalue weighted by Gasteiger charge is -1.93. The van der Waals surface area contributed by atoms with Crippen molar-refractivity contribution in [2.75, 3.05) is 0 Å². The molecule has 0 aliphatic rings. The molecule has 0 aliphatic heterocycles. The smallest absolute Gasteiger partial charge is 0.192 e. The number of nitrogens with zero attached hydrogens (tertiary/aromatic N) is 2. The van der Waals surface area contributed by atoms with Gasteiger partial charge in [-0.25, -0.2) is 9.83 Å². The van der Waals surface area contributed by atoms with Crippen molar-refractivity contribution in [2.24, 2.45) is 0 Å². The Hall–Kier alpha value is -1.07. The van der Waals surface area contributed by atoms with Gasteiger partial charge in [0.15, 0.2) is 5.69 Å². The summed E-state index contributed by atoms with van der Waals surface area (Å²) in [7, 11) is 0. The first-order valence-corrected chi connectivity index (χ1v) is 3.12. The minimum atomic E-state index is 0.381. The summed E-state index contributed by atoms with van der Waals surface area (Å²) in [5.41, 5.74) is 1.32. The average Bonchev–Trinajstić information content (AvgIpc) is 1.85. The summed E-state index contributed by atoms with van der Waals surface area (Å²) in [6.07, 6.45) is 0. The highest BCUT2D eigenvalue weighted by molar-refractivity contribution is 6.29. The van der Waals surface area contributed by atoms with Crippen LogP contribution in [-0.4, -0.2) is 4.98 Å².